The van der Waals surface area contributed by atoms with Crippen LogP contribution >= 0.6 is 23.2 Å². The van der Waals surface area contributed by atoms with Crippen molar-refractivity contribution in [2.75, 3.05) is 18.0 Å². The highest BCUT2D eigenvalue weighted by Gasteiger charge is 2.10. The van der Waals surface area contributed by atoms with Gasteiger partial charge in [0.15, 0.2) is 0 Å². The highest BCUT2D eigenvalue weighted by molar-refractivity contribution is 6.42. The highest BCUT2D eigenvalue weighted by Crippen LogP contribution is 2.23. The lowest BCUT2D eigenvalue weighted by molar-refractivity contribution is -0.121. The summed E-state index contributed by atoms with van der Waals surface area (Å²) in [6, 6.07) is 14.0. The number of anilines is 1. The maximum absolute atomic E-state index is 12.1. The molecule has 1 aliphatic heterocycles. The van der Waals surface area contributed by atoms with Crippen molar-refractivity contribution in [2.45, 2.75) is 38.6 Å². The molecule has 1 amide bonds. The quantitative estimate of drug-likeness (QED) is 0.731. The number of nitrogens with one attached hydrogen (secondary N) is 1. The molecule has 0 aliphatic carbocycles. The largest absolute Gasteiger partial charge is 0.372 e. The second kappa shape index (κ2) is 9.29. The minimum Gasteiger partial charge on any atom is -0.372 e. The number of nitrogens with zero attached hydrogens (tertiary/aromatic N) is 1. The number of benzene rings is 2. The molecule has 0 aromatic heterocycles. The van der Waals surface area contributed by atoms with Crippen LogP contribution in [-0.4, -0.2) is 19.0 Å². The zero-order valence-corrected chi connectivity index (χ0v) is 16.3. The first kappa shape index (κ1) is 19.1. The van der Waals surface area contributed by atoms with Gasteiger partial charge in [-0.25, -0.2) is 0 Å². The molecule has 0 radical (unpaired) electrons. The lowest BCUT2D eigenvalue weighted by Gasteiger charge is -2.28. The van der Waals surface area contributed by atoms with Gasteiger partial charge in [0.2, 0.25) is 5.91 Å². The van der Waals surface area contributed by atoms with Gasteiger partial charge in [-0.2, -0.15) is 0 Å². The fraction of sp³-hybridized carbons (Fsp3) is 0.381. The summed E-state index contributed by atoms with van der Waals surface area (Å²) in [6.07, 6.45) is 4.97. The second-order valence-corrected chi connectivity index (χ2v) is 7.55. The van der Waals surface area contributed by atoms with E-state index in [-0.39, 0.29) is 5.91 Å². The van der Waals surface area contributed by atoms with Crippen LogP contribution < -0.4 is 10.2 Å². The normalized spacial score (nSPS) is 14.3. The molecule has 0 saturated carbocycles. The summed E-state index contributed by atoms with van der Waals surface area (Å²) >= 11 is 11.9. The first-order valence-electron chi connectivity index (χ1n) is 9.16. The lowest BCUT2D eigenvalue weighted by Crippen LogP contribution is -2.29. The number of carbonyl (C=O) groups is 1. The summed E-state index contributed by atoms with van der Waals surface area (Å²) < 4.78 is 0. The third-order valence-electron chi connectivity index (χ3n) is 4.77. The van der Waals surface area contributed by atoms with E-state index in [1.165, 1.54) is 24.9 Å². The summed E-state index contributed by atoms with van der Waals surface area (Å²) in [5.74, 6) is 0.0381. The van der Waals surface area contributed by atoms with Crippen LogP contribution in [-0.2, 0) is 17.8 Å². The Kier molecular flexibility index (Phi) is 6.81. The molecule has 138 valence electrons. The Hall–Kier alpha value is -1.71. The van der Waals surface area contributed by atoms with Crippen LogP contribution in [0.4, 0.5) is 5.69 Å². The topological polar surface area (TPSA) is 32.3 Å². The van der Waals surface area contributed by atoms with Crippen molar-refractivity contribution in [2.24, 2.45) is 0 Å². The van der Waals surface area contributed by atoms with Gasteiger partial charge in [0.1, 0.15) is 0 Å². The monoisotopic (exact) mass is 390 g/mol. The number of carbonyl (C=O) groups excluding carboxylic acids is 1. The van der Waals surface area contributed by atoms with E-state index >= 15 is 0 Å². The Balaban J connectivity index is 1.44. The van der Waals surface area contributed by atoms with E-state index in [1.54, 1.807) is 6.07 Å². The van der Waals surface area contributed by atoms with E-state index in [2.05, 4.69) is 34.5 Å². The molecule has 2 aromatic rings. The molecule has 26 heavy (non-hydrogen) atoms. The number of amides is 1. The van der Waals surface area contributed by atoms with Crippen LogP contribution in [0.2, 0.25) is 10.0 Å². The summed E-state index contributed by atoms with van der Waals surface area (Å²) in [5.41, 5.74) is 3.41. The number of hydrogen-bond donors (Lipinski definition) is 1. The first-order chi connectivity index (χ1) is 12.6. The van der Waals surface area contributed by atoms with Crippen LogP contribution in [0.5, 0.6) is 0 Å². The molecule has 0 spiro atoms. The molecule has 1 heterocycles. The van der Waals surface area contributed by atoms with Gasteiger partial charge < -0.3 is 10.2 Å². The van der Waals surface area contributed by atoms with Crippen molar-refractivity contribution in [3.8, 4) is 0 Å². The SMILES string of the molecule is O=C(CCc1ccc(Cl)c(Cl)c1)NCc1ccc(N2CCCCC2)cc1. The van der Waals surface area contributed by atoms with Gasteiger partial charge in [-0.05, 0) is 61.1 Å². The molecule has 1 saturated heterocycles. The molecule has 3 nitrogen and oxygen atoms in total. The number of hydrogen-bond acceptors (Lipinski definition) is 2. The summed E-state index contributed by atoms with van der Waals surface area (Å²) in [6.45, 7) is 2.84. The predicted molar refractivity (Wildman–Crippen MR) is 109 cm³/mol. The van der Waals surface area contributed by atoms with E-state index < -0.39 is 0 Å². The molecule has 0 atom stereocenters. The van der Waals surface area contributed by atoms with Crippen molar-refractivity contribution in [3.63, 3.8) is 0 Å². The van der Waals surface area contributed by atoms with E-state index in [4.69, 9.17) is 23.2 Å². The zero-order valence-electron chi connectivity index (χ0n) is 14.8. The molecular formula is C21H24Cl2N2O. The van der Waals surface area contributed by atoms with Gasteiger partial charge in [0.25, 0.3) is 0 Å². The third kappa shape index (κ3) is 5.39. The molecule has 0 bridgehead atoms. The van der Waals surface area contributed by atoms with Gasteiger partial charge in [-0.15, -0.1) is 0 Å². The van der Waals surface area contributed by atoms with Crippen molar-refractivity contribution >= 4 is 34.8 Å². The predicted octanol–water partition coefficient (Wildman–Crippen LogP) is 5.23. The summed E-state index contributed by atoms with van der Waals surface area (Å²) in [5, 5.41) is 4.04. The molecular weight excluding hydrogens is 367 g/mol. The lowest BCUT2D eigenvalue weighted by atomic mass is 10.1. The number of aryl methyl sites for hydroxylation is 1. The Bertz CT molecular complexity index is 740. The van der Waals surface area contributed by atoms with Crippen molar-refractivity contribution < 1.29 is 4.79 Å². The molecule has 1 aliphatic rings. The standard InChI is InChI=1S/C21H24Cl2N2O/c22-19-10-6-16(14-20(19)23)7-11-21(26)24-15-17-4-8-18(9-5-17)25-12-2-1-3-13-25/h4-6,8-10,14H,1-3,7,11-13,15H2,(H,24,26). The fourth-order valence-corrected chi connectivity index (χ4v) is 3.54. The van der Waals surface area contributed by atoms with Crippen molar-refractivity contribution in [1.82, 2.24) is 5.32 Å². The average molecular weight is 391 g/mol. The minimum atomic E-state index is 0.0381. The number of halogens is 2. The van der Waals surface area contributed by atoms with Gasteiger partial charge in [-0.3, -0.25) is 4.79 Å². The maximum atomic E-state index is 12.1. The summed E-state index contributed by atoms with van der Waals surface area (Å²) in [4.78, 5) is 14.5. The Labute approximate surface area is 165 Å². The van der Waals surface area contributed by atoms with E-state index in [1.807, 2.05) is 12.1 Å². The molecule has 1 N–H and O–H groups in total. The van der Waals surface area contributed by atoms with Gasteiger partial charge in [0, 0.05) is 31.7 Å². The van der Waals surface area contributed by atoms with Crippen LogP contribution in [0.25, 0.3) is 0 Å². The zero-order chi connectivity index (χ0) is 18.4. The van der Waals surface area contributed by atoms with Gasteiger partial charge >= 0.3 is 0 Å². The van der Waals surface area contributed by atoms with E-state index in [0.717, 1.165) is 24.2 Å². The Morgan fingerprint density at radius 2 is 1.62 bits per heavy atom. The summed E-state index contributed by atoms with van der Waals surface area (Å²) in [7, 11) is 0. The molecule has 2 aromatic carbocycles. The Morgan fingerprint density at radius 3 is 2.31 bits per heavy atom. The molecule has 1 fully saturated rings. The van der Waals surface area contributed by atoms with Crippen LogP contribution in [0.1, 0.15) is 36.8 Å². The first-order valence-corrected chi connectivity index (χ1v) is 9.92. The van der Waals surface area contributed by atoms with E-state index in [0.29, 0.717) is 29.4 Å². The Morgan fingerprint density at radius 1 is 0.923 bits per heavy atom. The van der Waals surface area contributed by atoms with Crippen molar-refractivity contribution in [1.29, 1.82) is 0 Å². The fourth-order valence-electron chi connectivity index (χ4n) is 3.22. The van der Waals surface area contributed by atoms with Gasteiger partial charge in [0.05, 0.1) is 10.0 Å². The number of rotatable bonds is 6. The van der Waals surface area contributed by atoms with Gasteiger partial charge in [-0.1, -0.05) is 41.4 Å². The van der Waals surface area contributed by atoms with Crippen LogP contribution in [0, 0.1) is 0 Å². The van der Waals surface area contributed by atoms with Crippen LogP contribution in [0.15, 0.2) is 42.5 Å². The molecule has 5 heteroatoms. The minimum absolute atomic E-state index is 0.0381. The third-order valence-corrected chi connectivity index (χ3v) is 5.51. The second-order valence-electron chi connectivity index (χ2n) is 6.74. The average Bonchev–Trinajstić information content (AvgIpc) is 2.68. The maximum Gasteiger partial charge on any atom is 0.220 e. The molecule has 3 rings (SSSR count). The van der Waals surface area contributed by atoms with E-state index in [9.17, 15) is 4.79 Å². The molecule has 0 unspecified atom stereocenters. The smallest absolute Gasteiger partial charge is 0.220 e. The van der Waals surface area contributed by atoms with Crippen molar-refractivity contribution in [3.05, 3.63) is 63.6 Å². The number of piperidine rings is 1. The van der Waals surface area contributed by atoms with Crippen LogP contribution in [0.3, 0.4) is 0 Å². The highest BCUT2D eigenvalue weighted by atomic mass is 35.5.